The Kier molecular flexibility index (Phi) is 4.37. The van der Waals surface area contributed by atoms with Crippen LogP contribution in [0.4, 0.5) is 4.79 Å². The first kappa shape index (κ1) is 14.2. The molecule has 0 spiro atoms. The summed E-state index contributed by atoms with van der Waals surface area (Å²) in [4.78, 5) is 11.3. The monoisotopic (exact) mass is 264 g/mol. The summed E-state index contributed by atoms with van der Waals surface area (Å²) in [6.07, 6.45) is 0.142. The molecule has 0 bridgehead atoms. The van der Waals surface area contributed by atoms with Gasteiger partial charge in [-0.25, -0.2) is 17.5 Å². The Balaban J connectivity index is 2.27. The topological polar surface area (TPSA) is 75.7 Å². The van der Waals surface area contributed by atoms with E-state index in [0.29, 0.717) is 19.5 Å². The Hall–Kier alpha value is -0.820. The Morgan fingerprint density at radius 1 is 1.41 bits per heavy atom. The van der Waals surface area contributed by atoms with E-state index in [0.717, 1.165) is 0 Å². The number of sulfonamides is 1. The van der Waals surface area contributed by atoms with Crippen LogP contribution in [0.15, 0.2) is 0 Å². The summed E-state index contributed by atoms with van der Waals surface area (Å²) in [5.41, 5.74) is -0.538. The van der Waals surface area contributed by atoms with E-state index in [4.69, 9.17) is 4.74 Å². The molecule has 1 aliphatic heterocycles. The molecule has 6 nitrogen and oxygen atoms in total. The van der Waals surface area contributed by atoms with E-state index < -0.39 is 21.7 Å². The molecule has 0 atom stereocenters. The highest BCUT2D eigenvalue weighted by Gasteiger charge is 2.27. The second kappa shape index (κ2) is 5.22. The molecule has 0 saturated carbocycles. The van der Waals surface area contributed by atoms with Crippen LogP contribution in [0.1, 0.15) is 27.2 Å². The predicted octanol–water partition coefficient (Wildman–Crippen LogP) is 0.547. The molecule has 100 valence electrons. The van der Waals surface area contributed by atoms with Gasteiger partial charge in [0.05, 0.1) is 5.75 Å². The first-order valence-corrected chi connectivity index (χ1v) is 7.26. The van der Waals surface area contributed by atoms with Gasteiger partial charge in [0, 0.05) is 19.6 Å². The van der Waals surface area contributed by atoms with Gasteiger partial charge >= 0.3 is 6.09 Å². The van der Waals surface area contributed by atoms with Crippen LogP contribution in [0.2, 0.25) is 0 Å². The summed E-state index contributed by atoms with van der Waals surface area (Å²) < 4.78 is 29.3. The number of nitrogens with zero attached hydrogens (tertiary/aromatic N) is 1. The van der Waals surface area contributed by atoms with Gasteiger partial charge in [0.25, 0.3) is 0 Å². The molecule has 0 unspecified atom stereocenters. The molecule has 1 amide bonds. The highest BCUT2D eigenvalue weighted by Crippen LogP contribution is 2.12. The molecule has 1 heterocycles. The highest BCUT2D eigenvalue weighted by atomic mass is 32.2. The zero-order chi connectivity index (χ0) is 13.1. The zero-order valence-corrected chi connectivity index (χ0v) is 11.3. The van der Waals surface area contributed by atoms with Gasteiger partial charge in [-0.1, -0.05) is 0 Å². The molecule has 1 rings (SSSR count). The summed E-state index contributed by atoms with van der Waals surface area (Å²) in [5, 5.41) is 2.54. The standard InChI is InChI=1S/C10H20N2O4S/c1-10(2,3)16-9(13)11-5-7-12-6-4-8-17(12,14)15/h4-8H2,1-3H3,(H,11,13). The number of nitrogens with one attached hydrogen (secondary N) is 1. The molecular formula is C10H20N2O4S. The van der Waals surface area contributed by atoms with Crippen molar-refractivity contribution in [2.75, 3.05) is 25.4 Å². The lowest BCUT2D eigenvalue weighted by Crippen LogP contribution is -2.38. The van der Waals surface area contributed by atoms with Crippen LogP contribution in [0.25, 0.3) is 0 Å². The van der Waals surface area contributed by atoms with Gasteiger partial charge in [0.2, 0.25) is 10.0 Å². The second-order valence-electron chi connectivity index (χ2n) is 5.00. The van der Waals surface area contributed by atoms with Crippen molar-refractivity contribution in [1.82, 2.24) is 9.62 Å². The molecule has 0 aromatic carbocycles. The lowest BCUT2D eigenvalue weighted by molar-refractivity contribution is 0.0526. The molecule has 0 aliphatic carbocycles. The summed E-state index contributed by atoms with van der Waals surface area (Å²) >= 11 is 0. The Morgan fingerprint density at radius 2 is 2.06 bits per heavy atom. The summed E-state index contributed by atoms with van der Waals surface area (Å²) in [7, 11) is -3.08. The fourth-order valence-electron chi connectivity index (χ4n) is 1.54. The molecule has 0 aromatic heterocycles. The first-order valence-electron chi connectivity index (χ1n) is 5.65. The number of rotatable bonds is 3. The van der Waals surface area contributed by atoms with Crippen LogP contribution >= 0.6 is 0 Å². The number of carbonyl (C=O) groups is 1. The van der Waals surface area contributed by atoms with Crippen molar-refractivity contribution >= 4 is 16.1 Å². The van der Waals surface area contributed by atoms with Gasteiger partial charge in [-0.05, 0) is 27.2 Å². The molecule has 0 aromatic rings. The Labute approximate surface area is 102 Å². The largest absolute Gasteiger partial charge is 0.444 e. The molecule has 17 heavy (non-hydrogen) atoms. The fourth-order valence-corrected chi connectivity index (χ4v) is 3.07. The minimum Gasteiger partial charge on any atom is -0.444 e. The minimum atomic E-state index is -3.08. The fraction of sp³-hybridized carbons (Fsp3) is 0.900. The van der Waals surface area contributed by atoms with Crippen LogP contribution in [-0.4, -0.2) is 49.8 Å². The van der Waals surface area contributed by atoms with Gasteiger partial charge in [0.15, 0.2) is 0 Å². The van der Waals surface area contributed by atoms with Crippen molar-refractivity contribution < 1.29 is 17.9 Å². The number of alkyl carbamates (subject to hydrolysis) is 1. The van der Waals surface area contributed by atoms with Crippen LogP contribution < -0.4 is 5.32 Å². The Morgan fingerprint density at radius 3 is 2.53 bits per heavy atom. The van der Waals surface area contributed by atoms with Gasteiger partial charge in [-0.2, -0.15) is 0 Å². The number of amides is 1. The van der Waals surface area contributed by atoms with E-state index in [1.807, 2.05) is 0 Å². The molecule has 7 heteroatoms. The van der Waals surface area contributed by atoms with Gasteiger partial charge in [-0.15, -0.1) is 0 Å². The van der Waals surface area contributed by atoms with Crippen molar-refractivity contribution in [1.29, 1.82) is 0 Å². The second-order valence-corrected chi connectivity index (χ2v) is 7.09. The third-order valence-electron chi connectivity index (χ3n) is 2.23. The predicted molar refractivity (Wildman–Crippen MR) is 64.2 cm³/mol. The first-order chi connectivity index (χ1) is 7.71. The van der Waals surface area contributed by atoms with Crippen molar-refractivity contribution in [2.24, 2.45) is 0 Å². The lowest BCUT2D eigenvalue weighted by Gasteiger charge is -2.20. The van der Waals surface area contributed by atoms with Crippen molar-refractivity contribution in [3.63, 3.8) is 0 Å². The van der Waals surface area contributed by atoms with Crippen molar-refractivity contribution in [3.05, 3.63) is 0 Å². The van der Waals surface area contributed by atoms with E-state index in [9.17, 15) is 13.2 Å². The van der Waals surface area contributed by atoms with E-state index in [2.05, 4.69) is 5.32 Å². The third-order valence-corrected chi connectivity index (χ3v) is 4.19. The average Bonchev–Trinajstić information content (AvgIpc) is 2.42. The van der Waals surface area contributed by atoms with Gasteiger partial charge in [-0.3, -0.25) is 0 Å². The number of hydrogen-bond donors (Lipinski definition) is 1. The molecular weight excluding hydrogens is 244 g/mol. The maximum Gasteiger partial charge on any atom is 0.407 e. The van der Waals surface area contributed by atoms with E-state index in [-0.39, 0.29) is 12.3 Å². The summed E-state index contributed by atoms with van der Waals surface area (Å²) in [6.45, 7) is 6.45. The maximum atomic E-state index is 11.4. The highest BCUT2D eigenvalue weighted by molar-refractivity contribution is 7.89. The SMILES string of the molecule is CC(C)(C)OC(=O)NCCN1CCCS1(=O)=O. The number of ether oxygens (including phenoxy) is 1. The molecule has 1 fully saturated rings. The Bertz CT molecular complexity index is 372. The quantitative estimate of drug-likeness (QED) is 0.807. The third kappa shape index (κ3) is 4.91. The van der Waals surface area contributed by atoms with E-state index >= 15 is 0 Å². The van der Waals surface area contributed by atoms with E-state index in [1.54, 1.807) is 20.8 Å². The summed E-state index contributed by atoms with van der Waals surface area (Å²) in [6, 6.07) is 0. The van der Waals surface area contributed by atoms with Gasteiger partial charge in [0.1, 0.15) is 5.60 Å². The van der Waals surface area contributed by atoms with E-state index in [1.165, 1.54) is 4.31 Å². The normalized spacial score (nSPS) is 20.2. The molecule has 0 radical (unpaired) electrons. The number of carbonyl (C=O) groups excluding carboxylic acids is 1. The zero-order valence-electron chi connectivity index (χ0n) is 10.5. The minimum absolute atomic E-state index is 0.208. The van der Waals surface area contributed by atoms with Crippen LogP contribution in [0, 0.1) is 0 Å². The maximum absolute atomic E-state index is 11.4. The van der Waals surface area contributed by atoms with Crippen LogP contribution in [-0.2, 0) is 14.8 Å². The summed E-state index contributed by atoms with van der Waals surface area (Å²) in [5.74, 6) is 0.208. The van der Waals surface area contributed by atoms with Crippen LogP contribution in [0.3, 0.4) is 0 Å². The average molecular weight is 264 g/mol. The molecule has 1 N–H and O–H groups in total. The van der Waals surface area contributed by atoms with Crippen molar-refractivity contribution in [3.8, 4) is 0 Å². The molecule has 1 aliphatic rings. The van der Waals surface area contributed by atoms with Crippen molar-refractivity contribution in [2.45, 2.75) is 32.8 Å². The van der Waals surface area contributed by atoms with Crippen LogP contribution in [0.5, 0.6) is 0 Å². The number of hydrogen-bond acceptors (Lipinski definition) is 4. The molecule has 1 saturated heterocycles. The lowest BCUT2D eigenvalue weighted by atomic mass is 10.2. The van der Waals surface area contributed by atoms with Gasteiger partial charge < -0.3 is 10.1 Å². The smallest absolute Gasteiger partial charge is 0.407 e.